The molecule has 2 atom stereocenters. The van der Waals surface area contributed by atoms with Crippen molar-refractivity contribution in [2.24, 2.45) is 11.7 Å². The smallest absolute Gasteiger partial charge is 0.237 e. The molecule has 0 aromatic heterocycles. The summed E-state index contributed by atoms with van der Waals surface area (Å²) in [7, 11) is 0. The highest BCUT2D eigenvalue weighted by Gasteiger charge is 2.26. The summed E-state index contributed by atoms with van der Waals surface area (Å²) in [5.41, 5.74) is 7.87. The van der Waals surface area contributed by atoms with Crippen molar-refractivity contribution in [2.45, 2.75) is 32.7 Å². The van der Waals surface area contributed by atoms with Crippen molar-refractivity contribution in [2.75, 3.05) is 18.0 Å². The molecule has 122 valence electrons. The number of carbonyl (C=O) groups is 2. The van der Waals surface area contributed by atoms with Crippen LogP contribution in [-0.4, -0.2) is 30.9 Å². The van der Waals surface area contributed by atoms with Crippen molar-refractivity contribution in [1.82, 2.24) is 5.32 Å². The van der Waals surface area contributed by atoms with Gasteiger partial charge in [0.1, 0.15) is 0 Å². The SMILES string of the molecule is CCC(C)C(N)C(=O)NCCN1C(=O)Cc2ccccc21.Cl. The number of hydrogen-bond acceptors (Lipinski definition) is 3. The lowest BCUT2D eigenvalue weighted by molar-refractivity contribution is -0.123. The van der Waals surface area contributed by atoms with E-state index >= 15 is 0 Å². The van der Waals surface area contributed by atoms with Crippen LogP contribution in [0, 0.1) is 5.92 Å². The molecule has 0 bridgehead atoms. The van der Waals surface area contributed by atoms with Crippen molar-refractivity contribution < 1.29 is 9.59 Å². The Bertz CT molecular complexity index is 536. The Labute approximate surface area is 137 Å². The van der Waals surface area contributed by atoms with E-state index in [4.69, 9.17) is 5.73 Å². The second kappa shape index (κ2) is 8.15. The second-order valence-corrected chi connectivity index (χ2v) is 5.55. The van der Waals surface area contributed by atoms with E-state index in [9.17, 15) is 9.59 Å². The molecule has 2 rings (SSSR count). The van der Waals surface area contributed by atoms with E-state index in [-0.39, 0.29) is 30.1 Å². The number of benzene rings is 1. The Morgan fingerprint density at radius 2 is 2.09 bits per heavy atom. The lowest BCUT2D eigenvalue weighted by Crippen LogP contribution is -2.47. The van der Waals surface area contributed by atoms with Gasteiger partial charge in [-0.15, -0.1) is 12.4 Å². The monoisotopic (exact) mass is 325 g/mol. The third-order valence-corrected chi connectivity index (χ3v) is 4.12. The predicted molar refractivity (Wildman–Crippen MR) is 90.2 cm³/mol. The van der Waals surface area contributed by atoms with Crippen LogP contribution in [0.5, 0.6) is 0 Å². The van der Waals surface area contributed by atoms with E-state index in [2.05, 4.69) is 5.32 Å². The van der Waals surface area contributed by atoms with Gasteiger partial charge in [0.2, 0.25) is 11.8 Å². The standard InChI is InChI=1S/C16H23N3O2.ClH/c1-3-11(2)15(17)16(21)18-8-9-19-13-7-5-4-6-12(13)10-14(19)20;/h4-7,11,15H,3,8-10,17H2,1-2H3,(H,18,21);1H. The number of nitrogens with one attached hydrogen (secondary N) is 1. The van der Waals surface area contributed by atoms with Crippen LogP contribution in [-0.2, 0) is 16.0 Å². The van der Waals surface area contributed by atoms with Crippen LogP contribution in [0.3, 0.4) is 0 Å². The maximum Gasteiger partial charge on any atom is 0.237 e. The molecule has 1 aliphatic heterocycles. The molecule has 0 fully saturated rings. The minimum Gasteiger partial charge on any atom is -0.353 e. The van der Waals surface area contributed by atoms with Gasteiger partial charge < -0.3 is 16.0 Å². The van der Waals surface area contributed by atoms with Crippen molar-refractivity contribution in [3.8, 4) is 0 Å². The zero-order valence-electron chi connectivity index (χ0n) is 13.0. The number of fused-ring (bicyclic) bond motifs is 1. The summed E-state index contributed by atoms with van der Waals surface area (Å²) in [6.45, 7) is 4.87. The summed E-state index contributed by atoms with van der Waals surface area (Å²) in [6, 6.07) is 7.26. The molecular formula is C16H24ClN3O2. The van der Waals surface area contributed by atoms with Crippen LogP contribution in [0.1, 0.15) is 25.8 Å². The number of amides is 2. The van der Waals surface area contributed by atoms with Gasteiger partial charge in [-0.2, -0.15) is 0 Å². The maximum atomic E-state index is 12.0. The number of rotatable bonds is 6. The highest BCUT2D eigenvalue weighted by atomic mass is 35.5. The molecule has 2 unspecified atom stereocenters. The first-order valence-electron chi connectivity index (χ1n) is 7.46. The predicted octanol–water partition coefficient (Wildman–Crippen LogP) is 1.49. The van der Waals surface area contributed by atoms with E-state index in [1.165, 1.54) is 0 Å². The second-order valence-electron chi connectivity index (χ2n) is 5.55. The molecular weight excluding hydrogens is 302 g/mol. The van der Waals surface area contributed by atoms with Gasteiger partial charge in [0, 0.05) is 18.8 Å². The molecule has 22 heavy (non-hydrogen) atoms. The minimum absolute atomic E-state index is 0. The number of nitrogens with zero attached hydrogens (tertiary/aromatic N) is 1. The Hall–Kier alpha value is -1.59. The third-order valence-electron chi connectivity index (χ3n) is 4.12. The summed E-state index contributed by atoms with van der Waals surface area (Å²) in [5.74, 6) is 0.0834. The van der Waals surface area contributed by atoms with Crippen molar-refractivity contribution in [3.63, 3.8) is 0 Å². The van der Waals surface area contributed by atoms with E-state index in [1.54, 1.807) is 4.90 Å². The molecule has 1 heterocycles. The molecule has 0 saturated carbocycles. The fourth-order valence-corrected chi connectivity index (χ4v) is 2.48. The van der Waals surface area contributed by atoms with Crippen LogP contribution in [0.2, 0.25) is 0 Å². The molecule has 0 aliphatic carbocycles. The van der Waals surface area contributed by atoms with E-state index in [1.807, 2.05) is 38.1 Å². The topological polar surface area (TPSA) is 75.4 Å². The van der Waals surface area contributed by atoms with Crippen molar-refractivity contribution in [3.05, 3.63) is 29.8 Å². The zero-order valence-corrected chi connectivity index (χ0v) is 13.9. The minimum atomic E-state index is -0.489. The summed E-state index contributed by atoms with van der Waals surface area (Å²) < 4.78 is 0. The van der Waals surface area contributed by atoms with Gasteiger partial charge in [-0.05, 0) is 17.5 Å². The normalized spacial score (nSPS) is 15.8. The Kier molecular flexibility index (Phi) is 6.84. The van der Waals surface area contributed by atoms with Gasteiger partial charge in [0.15, 0.2) is 0 Å². The zero-order chi connectivity index (χ0) is 15.4. The molecule has 6 heteroatoms. The largest absolute Gasteiger partial charge is 0.353 e. The van der Waals surface area contributed by atoms with Gasteiger partial charge in [0.25, 0.3) is 0 Å². The summed E-state index contributed by atoms with van der Waals surface area (Å²) in [4.78, 5) is 25.6. The Morgan fingerprint density at radius 1 is 1.41 bits per heavy atom. The maximum absolute atomic E-state index is 12.0. The highest BCUT2D eigenvalue weighted by Crippen LogP contribution is 2.27. The van der Waals surface area contributed by atoms with Crippen LogP contribution >= 0.6 is 12.4 Å². The number of para-hydroxylation sites is 1. The fraction of sp³-hybridized carbons (Fsp3) is 0.500. The van der Waals surface area contributed by atoms with Gasteiger partial charge in [-0.25, -0.2) is 0 Å². The van der Waals surface area contributed by atoms with Crippen molar-refractivity contribution >= 4 is 29.9 Å². The average Bonchev–Trinajstić information content (AvgIpc) is 2.81. The lowest BCUT2D eigenvalue weighted by Gasteiger charge is -2.20. The molecule has 2 amide bonds. The molecule has 0 spiro atoms. The quantitative estimate of drug-likeness (QED) is 0.832. The van der Waals surface area contributed by atoms with E-state index in [0.29, 0.717) is 19.5 Å². The van der Waals surface area contributed by atoms with Gasteiger partial charge >= 0.3 is 0 Å². The molecule has 1 aromatic rings. The van der Waals surface area contributed by atoms with Crippen LogP contribution < -0.4 is 16.0 Å². The molecule has 3 N–H and O–H groups in total. The first-order chi connectivity index (χ1) is 10.0. The van der Waals surface area contributed by atoms with Crippen LogP contribution in [0.15, 0.2) is 24.3 Å². The van der Waals surface area contributed by atoms with Crippen molar-refractivity contribution in [1.29, 1.82) is 0 Å². The number of halogens is 1. The molecule has 1 aliphatic rings. The highest BCUT2D eigenvalue weighted by molar-refractivity contribution is 6.01. The molecule has 5 nitrogen and oxygen atoms in total. The van der Waals surface area contributed by atoms with Gasteiger partial charge in [-0.3, -0.25) is 9.59 Å². The summed E-state index contributed by atoms with van der Waals surface area (Å²) in [6.07, 6.45) is 1.31. The van der Waals surface area contributed by atoms with Crippen LogP contribution in [0.25, 0.3) is 0 Å². The first kappa shape index (κ1) is 18.5. The molecule has 0 saturated heterocycles. The van der Waals surface area contributed by atoms with Gasteiger partial charge in [0.05, 0.1) is 12.5 Å². The Balaban J connectivity index is 0.00000242. The molecule has 0 radical (unpaired) electrons. The Morgan fingerprint density at radius 3 is 2.77 bits per heavy atom. The number of carbonyl (C=O) groups excluding carboxylic acids is 2. The first-order valence-corrected chi connectivity index (χ1v) is 7.46. The van der Waals surface area contributed by atoms with E-state index in [0.717, 1.165) is 17.7 Å². The number of hydrogen-bond donors (Lipinski definition) is 2. The summed E-state index contributed by atoms with van der Waals surface area (Å²) in [5, 5.41) is 2.82. The number of nitrogens with two attached hydrogens (primary N) is 1. The third kappa shape index (κ3) is 3.99. The van der Waals surface area contributed by atoms with Crippen LogP contribution in [0.4, 0.5) is 5.69 Å². The van der Waals surface area contributed by atoms with E-state index < -0.39 is 6.04 Å². The van der Waals surface area contributed by atoms with Gasteiger partial charge in [-0.1, -0.05) is 38.5 Å². The average molecular weight is 326 g/mol. The molecule has 1 aromatic carbocycles. The lowest BCUT2D eigenvalue weighted by atomic mass is 9.99. The number of anilines is 1. The fourth-order valence-electron chi connectivity index (χ4n) is 2.48. The summed E-state index contributed by atoms with van der Waals surface area (Å²) >= 11 is 0.